The maximum absolute atomic E-state index is 11.7. The SMILES string of the molecule is CCOc1ccccc1OCC(=O)NCC(N)C1CC1.Cl. The van der Waals surface area contributed by atoms with Crippen LogP contribution in [0.3, 0.4) is 0 Å². The Kier molecular flexibility index (Phi) is 7.32. The Morgan fingerprint density at radius 3 is 2.52 bits per heavy atom. The van der Waals surface area contributed by atoms with Crippen LogP contribution in [0, 0.1) is 5.92 Å². The van der Waals surface area contributed by atoms with Crippen molar-refractivity contribution >= 4 is 18.3 Å². The number of nitrogens with one attached hydrogen (secondary N) is 1. The monoisotopic (exact) mass is 314 g/mol. The summed E-state index contributed by atoms with van der Waals surface area (Å²) in [5.41, 5.74) is 5.92. The molecule has 1 aromatic rings. The Hall–Kier alpha value is -1.46. The summed E-state index contributed by atoms with van der Waals surface area (Å²) in [6.45, 7) is 2.95. The van der Waals surface area contributed by atoms with Gasteiger partial charge in [0.15, 0.2) is 18.1 Å². The minimum absolute atomic E-state index is 0. The zero-order chi connectivity index (χ0) is 14.4. The van der Waals surface area contributed by atoms with Crippen molar-refractivity contribution in [2.24, 2.45) is 11.7 Å². The van der Waals surface area contributed by atoms with E-state index >= 15 is 0 Å². The van der Waals surface area contributed by atoms with Crippen LogP contribution >= 0.6 is 12.4 Å². The van der Waals surface area contributed by atoms with E-state index in [9.17, 15) is 4.79 Å². The Morgan fingerprint density at radius 1 is 1.33 bits per heavy atom. The van der Waals surface area contributed by atoms with Gasteiger partial charge in [-0.3, -0.25) is 4.79 Å². The van der Waals surface area contributed by atoms with Crippen LogP contribution in [0.5, 0.6) is 11.5 Å². The number of carbonyl (C=O) groups is 1. The van der Waals surface area contributed by atoms with Gasteiger partial charge in [-0.05, 0) is 37.8 Å². The molecule has 1 saturated carbocycles. The maximum Gasteiger partial charge on any atom is 0.257 e. The zero-order valence-electron chi connectivity index (χ0n) is 12.2. The molecule has 6 heteroatoms. The van der Waals surface area contributed by atoms with E-state index < -0.39 is 0 Å². The molecule has 1 atom stereocenters. The molecule has 1 aliphatic rings. The molecule has 21 heavy (non-hydrogen) atoms. The van der Waals surface area contributed by atoms with Crippen molar-refractivity contribution in [1.82, 2.24) is 5.32 Å². The van der Waals surface area contributed by atoms with Crippen molar-refractivity contribution in [1.29, 1.82) is 0 Å². The van der Waals surface area contributed by atoms with Gasteiger partial charge in [0.25, 0.3) is 5.91 Å². The summed E-state index contributed by atoms with van der Waals surface area (Å²) < 4.78 is 10.9. The highest BCUT2D eigenvalue weighted by molar-refractivity contribution is 5.85. The van der Waals surface area contributed by atoms with Crippen molar-refractivity contribution in [2.75, 3.05) is 19.8 Å². The van der Waals surface area contributed by atoms with Gasteiger partial charge in [-0.1, -0.05) is 12.1 Å². The Bertz CT molecular complexity index is 452. The lowest BCUT2D eigenvalue weighted by Crippen LogP contribution is -2.40. The number of hydrogen-bond acceptors (Lipinski definition) is 4. The van der Waals surface area contributed by atoms with Crippen LogP contribution in [-0.4, -0.2) is 31.7 Å². The first-order valence-corrected chi connectivity index (χ1v) is 7.07. The van der Waals surface area contributed by atoms with Crippen LogP contribution in [-0.2, 0) is 4.79 Å². The highest BCUT2D eigenvalue weighted by Crippen LogP contribution is 2.31. The second-order valence-corrected chi connectivity index (χ2v) is 4.97. The number of amides is 1. The van der Waals surface area contributed by atoms with Crippen LogP contribution in [0.1, 0.15) is 19.8 Å². The fourth-order valence-corrected chi connectivity index (χ4v) is 1.96. The van der Waals surface area contributed by atoms with E-state index in [-0.39, 0.29) is 31.0 Å². The van der Waals surface area contributed by atoms with Crippen LogP contribution in [0.2, 0.25) is 0 Å². The largest absolute Gasteiger partial charge is 0.490 e. The van der Waals surface area contributed by atoms with Crippen LogP contribution in [0.25, 0.3) is 0 Å². The quantitative estimate of drug-likeness (QED) is 0.766. The molecule has 0 heterocycles. The smallest absolute Gasteiger partial charge is 0.257 e. The van der Waals surface area contributed by atoms with E-state index in [4.69, 9.17) is 15.2 Å². The lowest BCUT2D eigenvalue weighted by Gasteiger charge is -2.13. The van der Waals surface area contributed by atoms with Crippen LogP contribution in [0.4, 0.5) is 0 Å². The van der Waals surface area contributed by atoms with Gasteiger partial charge in [-0.2, -0.15) is 0 Å². The van der Waals surface area contributed by atoms with E-state index in [0.717, 1.165) is 0 Å². The third-order valence-electron chi connectivity index (χ3n) is 3.27. The topological polar surface area (TPSA) is 73.6 Å². The number of para-hydroxylation sites is 2. The molecule has 0 aromatic heterocycles. The molecule has 1 aromatic carbocycles. The molecule has 2 rings (SSSR count). The average molecular weight is 315 g/mol. The van der Waals surface area contributed by atoms with Gasteiger partial charge >= 0.3 is 0 Å². The molecule has 0 aliphatic heterocycles. The van der Waals surface area contributed by atoms with Gasteiger partial charge in [0.1, 0.15) is 0 Å². The zero-order valence-corrected chi connectivity index (χ0v) is 13.0. The van der Waals surface area contributed by atoms with Crippen molar-refractivity contribution in [3.8, 4) is 11.5 Å². The summed E-state index contributed by atoms with van der Waals surface area (Å²) in [5.74, 6) is 1.65. The number of rotatable bonds is 8. The number of benzene rings is 1. The normalized spacial score (nSPS) is 14.8. The lowest BCUT2D eigenvalue weighted by atomic mass is 10.2. The predicted molar refractivity (Wildman–Crippen MR) is 84.1 cm³/mol. The lowest BCUT2D eigenvalue weighted by molar-refractivity contribution is -0.123. The van der Waals surface area contributed by atoms with Crippen molar-refractivity contribution < 1.29 is 14.3 Å². The van der Waals surface area contributed by atoms with E-state index in [1.807, 2.05) is 25.1 Å². The molecule has 0 bridgehead atoms. The van der Waals surface area contributed by atoms with Gasteiger partial charge < -0.3 is 20.5 Å². The minimum Gasteiger partial charge on any atom is -0.490 e. The first-order valence-electron chi connectivity index (χ1n) is 7.07. The minimum atomic E-state index is -0.160. The van der Waals surface area contributed by atoms with E-state index in [1.165, 1.54) is 12.8 Å². The van der Waals surface area contributed by atoms with Gasteiger partial charge in [0.05, 0.1) is 6.61 Å². The van der Waals surface area contributed by atoms with E-state index in [2.05, 4.69) is 5.32 Å². The number of ether oxygens (including phenoxy) is 2. The maximum atomic E-state index is 11.7. The van der Waals surface area contributed by atoms with Gasteiger partial charge in [0, 0.05) is 12.6 Å². The third kappa shape index (κ3) is 5.81. The van der Waals surface area contributed by atoms with Crippen molar-refractivity contribution in [3.63, 3.8) is 0 Å². The molecular formula is C15H23ClN2O3. The Labute approximate surface area is 131 Å². The van der Waals surface area contributed by atoms with Crippen molar-refractivity contribution in [3.05, 3.63) is 24.3 Å². The molecule has 0 spiro atoms. The number of nitrogens with two attached hydrogens (primary N) is 1. The number of halogens is 1. The Morgan fingerprint density at radius 2 is 1.95 bits per heavy atom. The van der Waals surface area contributed by atoms with E-state index in [1.54, 1.807) is 6.07 Å². The first kappa shape index (κ1) is 17.6. The van der Waals surface area contributed by atoms with Gasteiger partial charge in [-0.15, -0.1) is 12.4 Å². The molecule has 1 aliphatic carbocycles. The third-order valence-corrected chi connectivity index (χ3v) is 3.27. The molecule has 0 saturated heterocycles. The fourth-order valence-electron chi connectivity index (χ4n) is 1.96. The highest BCUT2D eigenvalue weighted by Gasteiger charge is 2.28. The summed E-state index contributed by atoms with van der Waals surface area (Å²) >= 11 is 0. The van der Waals surface area contributed by atoms with Crippen LogP contribution in [0.15, 0.2) is 24.3 Å². The molecule has 0 radical (unpaired) electrons. The molecule has 118 valence electrons. The molecule has 1 unspecified atom stereocenters. The highest BCUT2D eigenvalue weighted by atomic mass is 35.5. The number of carbonyl (C=O) groups excluding carboxylic acids is 1. The van der Waals surface area contributed by atoms with Crippen molar-refractivity contribution in [2.45, 2.75) is 25.8 Å². The summed E-state index contributed by atoms with van der Waals surface area (Å²) in [4.78, 5) is 11.7. The molecule has 1 fully saturated rings. The molecule has 5 nitrogen and oxygen atoms in total. The molecular weight excluding hydrogens is 292 g/mol. The Balaban J connectivity index is 0.00000220. The molecule has 1 amide bonds. The van der Waals surface area contributed by atoms with Gasteiger partial charge in [-0.25, -0.2) is 0 Å². The first-order chi connectivity index (χ1) is 9.70. The van der Waals surface area contributed by atoms with Crippen LogP contribution < -0.4 is 20.5 Å². The predicted octanol–water partition coefficient (Wildman–Crippen LogP) is 1.74. The summed E-state index contributed by atoms with van der Waals surface area (Å²) in [6, 6.07) is 7.38. The average Bonchev–Trinajstić information content (AvgIpc) is 3.29. The standard InChI is InChI=1S/C15H22N2O3.ClH/c1-2-19-13-5-3-4-6-14(13)20-10-15(18)17-9-12(16)11-7-8-11;/h3-6,11-12H,2,7-10,16H2,1H3,(H,17,18);1H. The van der Waals surface area contributed by atoms with Gasteiger partial charge in [0.2, 0.25) is 0 Å². The summed E-state index contributed by atoms with van der Waals surface area (Å²) in [7, 11) is 0. The number of hydrogen-bond donors (Lipinski definition) is 2. The second-order valence-electron chi connectivity index (χ2n) is 4.97. The summed E-state index contributed by atoms with van der Waals surface area (Å²) in [6.07, 6.45) is 2.35. The molecule has 3 N–H and O–H groups in total. The van der Waals surface area contributed by atoms with E-state index in [0.29, 0.717) is 30.6 Å². The second kappa shape index (κ2) is 8.74. The fraction of sp³-hybridized carbons (Fsp3) is 0.533. The summed E-state index contributed by atoms with van der Waals surface area (Å²) in [5, 5.41) is 2.80.